The number of hydrogen-bond donors (Lipinski definition) is 14. The van der Waals surface area contributed by atoms with E-state index in [2.05, 4.69) is 10.6 Å². The van der Waals surface area contributed by atoms with Crippen LogP contribution in [0.1, 0.15) is 13.8 Å². The smallest absolute Gasteiger partial charge is 0.217 e. The molecule has 4 aliphatic rings. The fourth-order valence-electron chi connectivity index (χ4n) is 6.36. The summed E-state index contributed by atoms with van der Waals surface area (Å²) in [6.45, 7) is -1.25. The maximum absolute atomic E-state index is 12.2. The molecule has 20 atom stereocenters. The van der Waals surface area contributed by atoms with Gasteiger partial charge in [0.05, 0.1) is 26.4 Å². The zero-order valence-corrected chi connectivity index (χ0v) is 27.4. The van der Waals surface area contributed by atoms with Gasteiger partial charge in [-0.15, -0.1) is 0 Å². The Morgan fingerprint density at radius 1 is 0.471 bits per heavy atom. The predicted octanol–water partition coefficient (Wildman–Crippen LogP) is -9.46. The lowest BCUT2D eigenvalue weighted by Gasteiger charge is -2.50. The number of aliphatic hydroxyl groups is 12. The molecule has 0 aromatic heterocycles. The molecular formula is C28H48N2O21. The first-order valence-electron chi connectivity index (χ1n) is 16.1. The average molecular weight is 749 g/mol. The van der Waals surface area contributed by atoms with Gasteiger partial charge < -0.3 is 105 Å². The molecule has 0 unspecified atom stereocenters. The maximum atomic E-state index is 12.2. The minimum absolute atomic E-state index is 0.656. The third kappa shape index (κ3) is 9.11. The molecule has 0 aliphatic carbocycles. The Hall–Kier alpha value is -1.82. The minimum Gasteiger partial charge on any atom is -0.394 e. The summed E-state index contributed by atoms with van der Waals surface area (Å²) in [6, 6.07) is -3.02. The van der Waals surface area contributed by atoms with E-state index in [0.717, 1.165) is 13.8 Å². The number of carbonyl (C=O) groups is 2. The van der Waals surface area contributed by atoms with Gasteiger partial charge in [-0.25, -0.2) is 0 Å². The van der Waals surface area contributed by atoms with Crippen molar-refractivity contribution in [3.05, 3.63) is 0 Å². The van der Waals surface area contributed by atoms with Gasteiger partial charge in [0.15, 0.2) is 25.2 Å². The highest BCUT2D eigenvalue weighted by atomic mass is 16.8. The number of carbonyl (C=O) groups excluding carboxylic acids is 2. The van der Waals surface area contributed by atoms with Crippen molar-refractivity contribution in [1.82, 2.24) is 10.6 Å². The molecule has 296 valence electrons. The van der Waals surface area contributed by atoms with Crippen LogP contribution in [0.5, 0.6) is 0 Å². The van der Waals surface area contributed by atoms with Crippen molar-refractivity contribution < 1.29 is 104 Å². The summed E-state index contributed by atoms with van der Waals surface area (Å²) < 4.78 is 39.1. The first-order chi connectivity index (χ1) is 24.1. The van der Waals surface area contributed by atoms with Crippen molar-refractivity contribution in [1.29, 1.82) is 0 Å². The molecule has 0 aromatic rings. The standard InChI is InChI=1S/C28H48N2O21/c1-7(35)29-13-16(38)22(10(4-32)45-25(13)44)49-26-14(30-8(2)36)17(39)23(11(5-33)47-26)50-28-21(43)19(41)24(12(6-34)48-28)51-27-20(42)18(40)15(37)9(3-31)46-27/h9-28,31-34,37-44H,3-6H2,1-2H3,(H,29,35)(H,30,36)/t9-,10-,11-,12-,13-,14-,15-,16-,17-,18+,19-,20+,21+,22-,23-,24-,25+,26+,27+,28+/m1/s1. The van der Waals surface area contributed by atoms with Crippen molar-refractivity contribution in [3.8, 4) is 0 Å². The maximum Gasteiger partial charge on any atom is 0.217 e. The number of aliphatic hydroxyl groups excluding tert-OH is 12. The van der Waals surface area contributed by atoms with Crippen LogP contribution in [0.25, 0.3) is 0 Å². The number of amides is 2. The Bertz CT molecular complexity index is 1140. The number of rotatable bonds is 12. The van der Waals surface area contributed by atoms with E-state index in [1.165, 1.54) is 0 Å². The van der Waals surface area contributed by atoms with Crippen molar-refractivity contribution >= 4 is 11.8 Å². The molecule has 0 saturated carbocycles. The van der Waals surface area contributed by atoms with E-state index in [4.69, 9.17) is 33.2 Å². The van der Waals surface area contributed by atoms with Crippen LogP contribution in [0.3, 0.4) is 0 Å². The van der Waals surface area contributed by atoms with E-state index in [-0.39, 0.29) is 0 Å². The van der Waals surface area contributed by atoms with Crippen molar-refractivity contribution in [2.75, 3.05) is 26.4 Å². The molecule has 0 bridgehead atoms. The average Bonchev–Trinajstić information content (AvgIpc) is 3.09. The summed E-state index contributed by atoms with van der Waals surface area (Å²) in [5.41, 5.74) is 0. The lowest BCUT2D eigenvalue weighted by atomic mass is 9.94. The lowest BCUT2D eigenvalue weighted by Crippen LogP contribution is -2.70. The Balaban J connectivity index is 1.52. The number of ether oxygens (including phenoxy) is 7. The van der Waals surface area contributed by atoms with E-state index in [1.807, 2.05) is 0 Å². The summed E-state index contributed by atoms with van der Waals surface area (Å²) in [7, 11) is 0. The molecule has 23 nitrogen and oxygen atoms in total. The molecular weight excluding hydrogens is 700 g/mol. The van der Waals surface area contributed by atoms with Crippen LogP contribution < -0.4 is 10.6 Å². The number of nitrogens with one attached hydrogen (secondary N) is 2. The SMILES string of the molecule is CC(=O)N[C@@H]1[C@@H](O)[C@H](O[C@@H]2O[C@H](CO)[C@@H](O[C@@H]3O[C@H](CO)[C@@H](O[C@@H]4O[C@H](CO)[C@@H](O)[C@H](O)[C@@H]4O)[C@H](O)[C@@H]3O)[C@H](O)[C@H]2NC(C)=O)[C@@H](CO)O[C@@H]1O. The van der Waals surface area contributed by atoms with Crippen LogP contribution in [0, 0.1) is 0 Å². The van der Waals surface area contributed by atoms with Crippen molar-refractivity contribution in [2.24, 2.45) is 0 Å². The van der Waals surface area contributed by atoms with Gasteiger partial charge >= 0.3 is 0 Å². The van der Waals surface area contributed by atoms with E-state index in [1.54, 1.807) is 0 Å². The first kappa shape index (κ1) is 41.9. The molecule has 4 heterocycles. The van der Waals surface area contributed by atoms with Crippen LogP contribution >= 0.6 is 0 Å². The topological polar surface area (TPSA) is 366 Å². The second-order valence-corrected chi connectivity index (χ2v) is 12.6. The third-order valence-electron chi connectivity index (χ3n) is 9.01. The summed E-state index contributed by atoms with van der Waals surface area (Å²) >= 11 is 0. The zero-order chi connectivity index (χ0) is 37.9. The quantitative estimate of drug-likeness (QED) is 0.0881. The van der Waals surface area contributed by atoms with E-state index >= 15 is 0 Å². The van der Waals surface area contributed by atoms with Gasteiger partial charge in [-0.3, -0.25) is 9.59 Å². The van der Waals surface area contributed by atoms with Gasteiger partial charge in [0.2, 0.25) is 11.8 Å². The second kappa shape index (κ2) is 18.0. The highest BCUT2D eigenvalue weighted by Crippen LogP contribution is 2.34. The summed E-state index contributed by atoms with van der Waals surface area (Å²) in [5, 5.41) is 129. The van der Waals surface area contributed by atoms with Crippen molar-refractivity contribution in [2.45, 2.75) is 137 Å². The molecule has 2 amide bonds. The van der Waals surface area contributed by atoms with Gasteiger partial charge in [-0.05, 0) is 0 Å². The summed E-state index contributed by atoms with van der Waals surface area (Å²) in [4.78, 5) is 23.9. The monoisotopic (exact) mass is 748 g/mol. The van der Waals surface area contributed by atoms with E-state index in [9.17, 15) is 70.9 Å². The van der Waals surface area contributed by atoms with Gasteiger partial charge in [0.25, 0.3) is 0 Å². The molecule has 51 heavy (non-hydrogen) atoms. The minimum atomic E-state index is -2.04. The zero-order valence-electron chi connectivity index (χ0n) is 27.4. The molecule has 0 radical (unpaired) electrons. The van der Waals surface area contributed by atoms with E-state index in [0.29, 0.717) is 0 Å². The third-order valence-corrected chi connectivity index (χ3v) is 9.01. The summed E-state index contributed by atoms with van der Waals surface area (Å²) in [5.74, 6) is -1.39. The fourth-order valence-corrected chi connectivity index (χ4v) is 6.36. The molecule has 23 heteroatoms. The Morgan fingerprint density at radius 3 is 1.33 bits per heavy atom. The molecule has 14 N–H and O–H groups in total. The fraction of sp³-hybridized carbons (Fsp3) is 0.929. The van der Waals surface area contributed by atoms with Crippen LogP contribution in [0.2, 0.25) is 0 Å². The highest BCUT2D eigenvalue weighted by Gasteiger charge is 2.55. The van der Waals surface area contributed by atoms with Crippen LogP contribution in [-0.4, -0.2) is 222 Å². The lowest BCUT2D eigenvalue weighted by molar-refractivity contribution is -0.378. The molecule has 0 spiro atoms. The van der Waals surface area contributed by atoms with Gasteiger partial charge in [-0.1, -0.05) is 0 Å². The van der Waals surface area contributed by atoms with E-state index < -0.39 is 161 Å². The molecule has 0 aromatic carbocycles. The Morgan fingerprint density at radius 2 is 0.843 bits per heavy atom. The molecule has 4 fully saturated rings. The highest BCUT2D eigenvalue weighted by molar-refractivity contribution is 5.73. The molecule has 4 saturated heterocycles. The van der Waals surface area contributed by atoms with Crippen LogP contribution in [0.4, 0.5) is 0 Å². The van der Waals surface area contributed by atoms with Gasteiger partial charge in [0.1, 0.15) is 97.5 Å². The second-order valence-electron chi connectivity index (χ2n) is 12.6. The van der Waals surface area contributed by atoms with Crippen LogP contribution in [0.15, 0.2) is 0 Å². The Kier molecular flexibility index (Phi) is 14.8. The molecule has 4 rings (SSSR count). The largest absolute Gasteiger partial charge is 0.394 e. The van der Waals surface area contributed by atoms with Crippen LogP contribution in [-0.2, 0) is 42.7 Å². The normalized spacial score (nSPS) is 47.8. The number of hydrogen-bond acceptors (Lipinski definition) is 21. The Labute approximate surface area is 289 Å². The molecule has 4 aliphatic heterocycles. The first-order valence-corrected chi connectivity index (χ1v) is 16.1. The summed E-state index contributed by atoms with van der Waals surface area (Å²) in [6.07, 6.45) is -31.1. The van der Waals surface area contributed by atoms with Gasteiger partial charge in [-0.2, -0.15) is 0 Å². The van der Waals surface area contributed by atoms with Gasteiger partial charge in [0, 0.05) is 13.8 Å². The predicted molar refractivity (Wildman–Crippen MR) is 157 cm³/mol. The van der Waals surface area contributed by atoms with Crippen molar-refractivity contribution in [3.63, 3.8) is 0 Å².